The molecule has 1 unspecified atom stereocenters. The first-order valence-corrected chi connectivity index (χ1v) is 7.03. The smallest absolute Gasteiger partial charge is 0.270 e. The third-order valence-corrected chi connectivity index (χ3v) is 3.65. The summed E-state index contributed by atoms with van der Waals surface area (Å²) in [5, 5.41) is 21.1. The fourth-order valence-electron chi connectivity index (χ4n) is 2.42. The topological polar surface area (TPSA) is 98.3 Å². The second-order valence-electron chi connectivity index (χ2n) is 5.20. The predicted molar refractivity (Wildman–Crippen MR) is 84.0 cm³/mol. The lowest BCUT2D eigenvalue weighted by Gasteiger charge is -2.13. The van der Waals surface area contributed by atoms with Crippen molar-refractivity contribution in [1.29, 1.82) is 0 Å². The molecule has 2 aromatic carbocycles. The van der Waals surface area contributed by atoms with Crippen LogP contribution in [0.3, 0.4) is 0 Å². The van der Waals surface area contributed by atoms with Gasteiger partial charge in [-0.3, -0.25) is 19.5 Å². The van der Waals surface area contributed by atoms with E-state index in [-0.39, 0.29) is 23.2 Å². The summed E-state index contributed by atoms with van der Waals surface area (Å²) in [6.07, 6.45) is -0.0255. The van der Waals surface area contributed by atoms with Gasteiger partial charge in [-0.2, -0.15) is 0 Å². The van der Waals surface area contributed by atoms with Crippen molar-refractivity contribution in [3.05, 3.63) is 80.6 Å². The van der Waals surface area contributed by atoms with E-state index in [2.05, 4.69) is 4.98 Å². The van der Waals surface area contributed by atoms with Crippen LogP contribution in [-0.2, 0) is 6.54 Å². The minimum atomic E-state index is -1.25. The first kappa shape index (κ1) is 15.8. The zero-order valence-electron chi connectivity index (χ0n) is 12.3. The molecule has 0 fully saturated rings. The number of aliphatic hydroxyl groups is 1. The van der Waals surface area contributed by atoms with Gasteiger partial charge in [0.05, 0.1) is 34.8 Å². The van der Waals surface area contributed by atoms with Crippen LogP contribution in [0.5, 0.6) is 0 Å². The van der Waals surface area contributed by atoms with Crippen molar-refractivity contribution in [2.45, 2.75) is 12.6 Å². The summed E-state index contributed by atoms with van der Waals surface area (Å²) in [6, 6.07) is 9.48. The highest BCUT2D eigenvalue weighted by molar-refractivity contribution is 5.79. The molecule has 0 radical (unpaired) electrons. The van der Waals surface area contributed by atoms with Crippen molar-refractivity contribution in [2.24, 2.45) is 0 Å². The third-order valence-electron chi connectivity index (χ3n) is 3.65. The van der Waals surface area contributed by atoms with E-state index in [0.717, 1.165) is 10.6 Å². The highest BCUT2D eigenvalue weighted by Gasteiger charge is 2.16. The number of benzene rings is 2. The summed E-state index contributed by atoms with van der Waals surface area (Å²) in [6.45, 7) is -0.217. The maximum atomic E-state index is 13.7. The van der Waals surface area contributed by atoms with Crippen LogP contribution in [0.4, 0.5) is 10.1 Å². The second-order valence-corrected chi connectivity index (χ2v) is 5.20. The van der Waals surface area contributed by atoms with Gasteiger partial charge < -0.3 is 5.11 Å². The van der Waals surface area contributed by atoms with Gasteiger partial charge in [0, 0.05) is 17.7 Å². The number of aliphatic hydroxyl groups excluding tert-OH is 1. The highest BCUT2D eigenvalue weighted by Crippen LogP contribution is 2.19. The van der Waals surface area contributed by atoms with E-state index in [1.165, 1.54) is 36.7 Å². The van der Waals surface area contributed by atoms with Crippen LogP contribution in [0.25, 0.3) is 10.9 Å². The van der Waals surface area contributed by atoms with Crippen LogP contribution in [0.1, 0.15) is 11.7 Å². The van der Waals surface area contributed by atoms with Crippen LogP contribution in [0, 0.1) is 15.9 Å². The standard InChI is InChI=1S/C16H12FN3O4/c17-13-4-2-1-3-11(13)15(21)8-19-9-18-14-6-5-10(20(23)24)7-12(14)16(19)22/h1-7,9,15,21H,8H2. The van der Waals surface area contributed by atoms with Crippen LogP contribution in [0.2, 0.25) is 0 Å². The first-order valence-electron chi connectivity index (χ1n) is 7.03. The molecular weight excluding hydrogens is 317 g/mol. The summed E-state index contributed by atoms with van der Waals surface area (Å²) in [7, 11) is 0. The Kier molecular flexibility index (Phi) is 4.05. The Morgan fingerprint density at radius 2 is 2.04 bits per heavy atom. The molecule has 0 saturated heterocycles. The van der Waals surface area contributed by atoms with Crippen LogP contribution in [0.15, 0.2) is 53.6 Å². The number of nitro benzene ring substituents is 1. The molecule has 1 N–H and O–H groups in total. The van der Waals surface area contributed by atoms with Gasteiger partial charge in [0.1, 0.15) is 5.82 Å². The van der Waals surface area contributed by atoms with E-state index >= 15 is 0 Å². The normalized spacial score (nSPS) is 12.2. The number of hydrogen-bond donors (Lipinski definition) is 1. The first-order chi connectivity index (χ1) is 11.5. The summed E-state index contributed by atoms with van der Waals surface area (Å²) in [5.41, 5.74) is -0.404. The molecule has 0 bridgehead atoms. The maximum Gasteiger partial charge on any atom is 0.270 e. The quantitative estimate of drug-likeness (QED) is 0.584. The molecule has 8 heteroatoms. The lowest BCUT2D eigenvalue weighted by atomic mass is 10.1. The molecule has 3 rings (SSSR count). The van der Waals surface area contributed by atoms with Gasteiger partial charge in [0.25, 0.3) is 11.2 Å². The molecule has 0 spiro atoms. The molecule has 7 nitrogen and oxygen atoms in total. The Hall–Kier alpha value is -3.13. The number of nitro groups is 1. The monoisotopic (exact) mass is 329 g/mol. The Bertz CT molecular complexity index is 986. The van der Waals surface area contributed by atoms with Gasteiger partial charge in [-0.25, -0.2) is 9.37 Å². The number of nitrogens with zero attached hydrogens (tertiary/aromatic N) is 3. The number of aromatic nitrogens is 2. The van der Waals surface area contributed by atoms with Crippen molar-refractivity contribution in [1.82, 2.24) is 9.55 Å². The van der Waals surface area contributed by atoms with Crippen molar-refractivity contribution >= 4 is 16.6 Å². The Morgan fingerprint density at radius 3 is 2.75 bits per heavy atom. The van der Waals surface area contributed by atoms with Crippen LogP contribution < -0.4 is 5.56 Å². The molecule has 0 aliphatic heterocycles. The maximum absolute atomic E-state index is 13.7. The van der Waals surface area contributed by atoms with Gasteiger partial charge in [-0.15, -0.1) is 0 Å². The molecule has 24 heavy (non-hydrogen) atoms. The summed E-state index contributed by atoms with van der Waals surface area (Å²) in [5.74, 6) is -0.581. The lowest BCUT2D eigenvalue weighted by Crippen LogP contribution is -2.24. The van der Waals surface area contributed by atoms with E-state index in [9.17, 15) is 24.4 Å². The molecule has 0 aliphatic carbocycles. The Labute approximate surface area is 134 Å². The summed E-state index contributed by atoms with van der Waals surface area (Å²) < 4.78 is 14.8. The van der Waals surface area contributed by atoms with E-state index in [0.29, 0.717) is 5.52 Å². The van der Waals surface area contributed by atoms with E-state index in [1.807, 2.05) is 0 Å². The minimum absolute atomic E-state index is 0.0588. The largest absolute Gasteiger partial charge is 0.386 e. The molecule has 0 amide bonds. The third kappa shape index (κ3) is 2.86. The van der Waals surface area contributed by atoms with Crippen molar-refractivity contribution < 1.29 is 14.4 Å². The molecule has 0 aliphatic rings. The van der Waals surface area contributed by atoms with Gasteiger partial charge in [-0.05, 0) is 12.1 Å². The van der Waals surface area contributed by atoms with Crippen molar-refractivity contribution in [2.75, 3.05) is 0 Å². The van der Waals surface area contributed by atoms with Crippen molar-refractivity contribution in [3.8, 4) is 0 Å². The molecule has 1 aromatic heterocycles. The SMILES string of the molecule is O=c1c2cc([N+](=O)[O-])ccc2ncn1CC(O)c1ccccc1F. The predicted octanol–water partition coefficient (Wildman–Crippen LogP) is 2.18. The van der Waals surface area contributed by atoms with Gasteiger partial charge in [0.2, 0.25) is 0 Å². The number of halogens is 1. The molecule has 122 valence electrons. The Morgan fingerprint density at radius 1 is 1.29 bits per heavy atom. The van der Waals surface area contributed by atoms with Gasteiger partial charge in [-0.1, -0.05) is 18.2 Å². The van der Waals surface area contributed by atoms with E-state index < -0.39 is 22.4 Å². The Balaban J connectivity index is 2.01. The fraction of sp³-hybridized carbons (Fsp3) is 0.125. The number of fused-ring (bicyclic) bond motifs is 1. The fourth-order valence-corrected chi connectivity index (χ4v) is 2.42. The van der Waals surface area contributed by atoms with Crippen LogP contribution in [-0.4, -0.2) is 19.6 Å². The number of hydrogen-bond acceptors (Lipinski definition) is 5. The summed E-state index contributed by atoms with van der Waals surface area (Å²) in [4.78, 5) is 26.7. The minimum Gasteiger partial charge on any atom is -0.386 e. The average molecular weight is 329 g/mol. The lowest BCUT2D eigenvalue weighted by molar-refractivity contribution is -0.384. The molecule has 1 heterocycles. The van der Waals surface area contributed by atoms with Gasteiger partial charge >= 0.3 is 0 Å². The zero-order valence-corrected chi connectivity index (χ0v) is 12.3. The molecular formula is C16H12FN3O4. The van der Waals surface area contributed by atoms with Gasteiger partial charge in [0.15, 0.2) is 0 Å². The van der Waals surface area contributed by atoms with E-state index in [1.54, 1.807) is 6.07 Å². The van der Waals surface area contributed by atoms with Crippen molar-refractivity contribution in [3.63, 3.8) is 0 Å². The average Bonchev–Trinajstić information content (AvgIpc) is 2.57. The molecule has 3 aromatic rings. The zero-order chi connectivity index (χ0) is 17.3. The van der Waals surface area contributed by atoms with E-state index in [4.69, 9.17) is 0 Å². The molecule has 1 atom stereocenters. The van der Waals surface area contributed by atoms with Crippen LogP contribution >= 0.6 is 0 Å². The molecule has 0 saturated carbocycles. The number of rotatable bonds is 4. The summed E-state index contributed by atoms with van der Waals surface area (Å²) >= 11 is 0. The second kappa shape index (κ2) is 6.17. The number of non-ortho nitro benzene ring substituents is 1. The highest BCUT2D eigenvalue weighted by atomic mass is 19.1.